The molecule has 156 valence electrons. The van der Waals surface area contributed by atoms with E-state index in [0.29, 0.717) is 17.1 Å². The van der Waals surface area contributed by atoms with Crippen molar-refractivity contribution in [1.29, 1.82) is 0 Å². The molecule has 0 bridgehead atoms. The summed E-state index contributed by atoms with van der Waals surface area (Å²) in [5.74, 6) is 0. The Morgan fingerprint density at radius 3 is 2.13 bits per heavy atom. The van der Waals surface area contributed by atoms with Crippen LogP contribution >= 0.6 is 11.6 Å². The Morgan fingerprint density at radius 1 is 0.933 bits per heavy atom. The number of likely N-dealkylation sites (N-methyl/N-ethyl adjacent to an activating group) is 1. The van der Waals surface area contributed by atoms with Crippen molar-refractivity contribution in [3.63, 3.8) is 0 Å². The van der Waals surface area contributed by atoms with Crippen molar-refractivity contribution in [3.8, 4) is 0 Å². The summed E-state index contributed by atoms with van der Waals surface area (Å²) < 4.78 is 26.6. The predicted octanol–water partition coefficient (Wildman–Crippen LogP) is 6.43. The van der Waals surface area contributed by atoms with Crippen molar-refractivity contribution >= 4 is 29.4 Å². The van der Waals surface area contributed by atoms with Crippen LogP contribution in [0.5, 0.6) is 0 Å². The van der Waals surface area contributed by atoms with Gasteiger partial charge in [0.2, 0.25) is 6.41 Å². The summed E-state index contributed by atoms with van der Waals surface area (Å²) in [6, 6.07) is 20.9. The minimum atomic E-state index is -2.56. The molecule has 3 aromatic carbocycles. The molecule has 0 aliphatic rings. The maximum Gasteiger partial charge on any atom is 0.263 e. The average molecular weight is 429 g/mol. The summed E-state index contributed by atoms with van der Waals surface area (Å²) in [5.41, 5.74) is 3.35. The monoisotopic (exact) mass is 428 g/mol. The number of halogens is 3. The third kappa shape index (κ3) is 5.16. The van der Waals surface area contributed by atoms with E-state index in [1.54, 1.807) is 29.2 Å². The zero-order chi connectivity index (χ0) is 21.7. The number of hydrogen-bond donors (Lipinski definition) is 0. The van der Waals surface area contributed by atoms with E-state index in [-0.39, 0.29) is 11.6 Å². The molecule has 0 spiro atoms. The first kappa shape index (κ1) is 21.8. The molecule has 3 nitrogen and oxygen atoms in total. The standard InChI is InChI=1S/C24H23ClF2N2O/c1-17-6-10-22(11-7-17)29(16-30)15-23(18-4-3-5-19(14-18)24(26)27)28(2)21-12-8-20(25)9-13-21/h3-14,16,23-24H,15H2,1-2H3. The molecule has 1 amide bonds. The topological polar surface area (TPSA) is 23.6 Å². The highest BCUT2D eigenvalue weighted by molar-refractivity contribution is 6.30. The lowest BCUT2D eigenvalue weighted by atomic mass is 10.0. The van der Waals surface area contributed by atoms with E-state index in [9.17, 15) is 13.6 Å². The zero-order valence-corrected chi connectivity index (χ0v) is 17.6. The molecule has 0 aromatic heterocycles. The van der Waals surface area contributed by atoms with E-state index in [2.05, 4.69) is 0 Å². The molecule has 3 aromatic rings. The molecule has 0 aliphatic heterocycles. The quantitative estimate of drug-likeness (QED) is 0.386. The minimum Gasteiger partial charge on any atom is -0.366 e. The molecule has 0 heterocycles. The Labute approximate surface area is 180 Å². The predicted molar refractivity (Wildman–Crippen MR) is 119 cm³/mol. The number of aryl methyl sites for hydroxylation is 1. The van der Waals surface area contributed by atoms with Crippen molar-refractivity contribution in [3.05, 3.63) is 94.5 Å². The highest BCUT2D eigenvalue weighted by Gasteiger charge is 2.23. The number of carbonyl (C=O) groups is 1. The molecular weight excluding hydrogens is 406 g/mol. The number of carbonyl (C=O) groups excluding carboxylic acids is 1. The van der Waals surface area contributed by atoms with Crippen molar-refractivity contribution in [2.75, 3.05) is 23.4 Å². The van der Waals surface area contributed by atoms with E-state index in [0.717, 1.165) is 23.3 Å². The largest absolute Gasteiger partial charge is 0.366 e. The average Bonchev–Trinajstić information content (AvgIpc) is 2.75. The molecule has 1 atom stereocenters. The van der Waals surface area contributed by atoms with Gasteiger partial charge >= 0.3 is 0 Å². The van der Waals surface area contributed by atoms with Gasteiger partial charge in [-0.1, -0.05) is 47.5 Å². The van der Waals surface area contributed by atoms with Gasteiger partial charge in [0.25, 0.3) is 6.43 Å². The maximum absolute atomic E-state index is 13.3. The second-order valence-electron chi connectivity index (χ2n) is 7.17. The van der Waals surface area contributed by atoms with Crippen LogP contribution in [0.25, 0.3) is 0 Å². The minimum absolute atomic E-state index is 0.0463. The highest BCUT2D eigenvalue weighted by Crippen LogP contribution is 2.31. The second-order valence-corrected chi connectivity index (χ2v) is 7.60. The summed E-state index contributed by atoms with van der Waals surface area (Å²) in [5, 5.41) is 0.609. The summed E-state index contributed by atoms with van der Waals surface area (Å²) in [6.45, 7) is 2.26. The van der Waals surface area contributed by atoms with E-state index < -0.39 is 6.43 Å². The van der Waals surface area contributed by atoms with Crippen LogP contribution < -0.4 is 9.80 Å². The van der Waals surface area contributed by atoms with Gasteiger partial charge in [-0.2, -0.15) is 0 Å². The molecule has 0 radical (unpaired) electrons. The van der Waals surface area contributed by atoms with Gasteiger partial charge in [-0.15, -0.1) is 0 Å². The Bertz CT molecular complexity index is 977. The summed E-state index contributed by atoms with van der Waals surface area (Å²) in [7, 11) is 1.88. The number of amides is 1. The third-order valence-corrected chi connectivity index (χ3v) is 5.36. The van der Waals surface area contributed by atoms with Crippen LogP contribution in [-0.4, -0.2) is 20.0 Å². The van der Waals surface area contributed by atoms with Gasteiger partial charge in [-0.25, -0.2) is 8.78 Å². The lowest BCUT2D eigenvalue weighted by Crippen LogP contribution is -2.36. The first-order chi connectivity index (χ1) is 14.4. The van der Waals surface area contributed by atoms with Gasteiger partial charge in [0.1, 0.15) is 0 Å². The van der Waals surface area contributed by atoms with Crippen LogP contribution in [-0.2, 0) is 4.79 Å². The van der Waals surface area contributed by atoms with Crippen LogP contribution in [0.1, 0.15) is 29.2 Å². The fourth-order valence-corrected chi connectivity index (χ4v) is 3.47. The van der Waals surface area contributed by atoms with Gasteiger partial charge in [0.05, 0.1) is 12.6 Å². The van der Waals surface area contributed by atoms with Crippen LogP contribution in [0.2, 0.25) is 5.02 Å². The lowest BCUT2D eigenvalue weighted by molar-refractivity contribution is -0.107. The van der Waals surface area contributed by atoms with E-state index in [1.807, 2.05) is 55.3 Å². The molecule has 3 rings (SSSR count). The summed E-state index contributed by atoms with van der Waals surface area (Å²) in [4.78, 5) is 15.5. The Hall–Kier alpha value is -2.92. The van der Waals surface area contributed by atoms with E-state index in [1.165, 1.54) is 12.1 Å². The fourth-order valence-electron chi connectivity index (χ4n) is 3.34. The molecule has 0 fully saturated rings. The molecule has 0 saturated carbocycles. The Balaban J connectivity index is 1.99. The number of benzene rings is 3. The Morgan fingerprint density at radius 2 is 1.53 bits per heavy atom. The smallest absolute Gasteiger partial charge is 0.263 e. The first-order valence-electron chi connectivity index (χ1n) is 9.54. The van der Waals surface area contributed by atoms with Gasteiger partial charge in [0, 0.05) is 29.0 Å². The van der Waals surface area contributed by atoms with Gasteiger partial charge in [-0.3, -0.25) is 4.79 Å². The first-order valence-corrected chi connectivity index (χ1v) is 9.92. The second kappa shape index (κ2) is 9.72. The Kier molecular flexibility index (Phi) is 7.06. The van der Waals surface area contributed by atoms with Crippen molar-refractivity contribution < 1.29 is 13.6 Å². The van der Waals surface area contributed by atoms with Crippen molar-refractivity contribution in [2.24, 2.45) is 0 Å². The van der Waals surface area contributed by atoms with Crippen LogP contribution in [0.4, 0.5) is 20.2 Å². The summed E-state index contributed by atoms with van der Waals surface area (Å²) in [6.07, 6.45) is -1.80. The number of alkyl halides is 2. The van der Waals surface area contributed by atoms with E-state index >= 15 is 0 Å². The number of anilines is 2. The van der Waals surface area contributed by atoms with Crippen LogP contribution in [0, 0.1) is 6.92 Å². The SMILES string of the molecule is Cc1ccc(N(C=O)CC(c2cccc(C(F)F)c2)N(C)c2ccc(Cl)cc2)cc1. The van der Waals surface area contributed by atoms with Gasteiger partial charge in [0.15, 0.2) is 0 Å². The molecule has 30 heavy (non-hydrogen) atoms. The van der Waals surface area contributed by atoms with Gasteiger partial charge < -0.3 is 9.80 Å². The molecule has 0 N–H and O–H groups in total. The normalized spacial score (nSPS) is 11.9. The highest BCUT2D eigenvalue weighted by atomic mass is 35.5. The zero-order valence-electron chi connectivity index (χ0n) is 16.8. The van der Waals surface area contributed by atoms with Crippen molar-refractivity contribution in [2.45, 2.75) is 19.4 Å². The number of hydrogen-bond acceptors (Lipinski definition) is 2. The number of nitrogens with zero attached hydrogens (tertiary/aromatic N) is 2. The van der Waals surface area contributed by atoms with Gasteiger partial charge in [-0.05, 0) is 55.0 Å². The van der Waals surface area contributed by atoms with Crippen LogP contribution in [0.3, 0.4) is 0 Å². The maximum atomic E-state index is 13.3. The fraction of sp³-hybridized carbons (Fsp3) is 0.208. The van der Waals surface area contributed by atoms with E-state index in [4.69, 9.17) is 11.6 Å². The van der Waals surface area contributed by atoms with Crippen LogP contribution in [0.15, 0.2) is 72.8 Å². The third-order valence-electron chi connectivity index (χ3n) is 5.11. The number of rotatable bonds is 8. The molecule has 6 heteroatoms. The van der Waals surface area contributed by atoms with Crippen molar-refractivity contribution in [1.82, 2.24) is 0 Å². The lowest BCUT2D eigenvalue weighted by Gasteiger charge is -2.34. The summed E-state index contributed by atoms with van der Waals surface area (Å²) >= 11 is 6.01. The molecule has 1 unspecified atom stereocenters. The molecular formula is C24H23ClF2N2O. The molecule has 0 aliphatic carbocycles. The molecule has 0 saturated heterocycles.